The number of carbonyl (C=O) groups is 1. The lowest BCUT2D eigenvalue weighted by atomic mass is 10.0. The van der Waals surface area contributed by atoms with E-state index in [0.29, 0.717) is 11.3 Å². The van der Waals surface area contributed by atoms with E-state index in [4.69, 9.17) is 11.2 Å². The van der Waals surface area contributed by atoms with Crippen molar-refractivity contribution in [3.8, 4) is 18.1 Å². The van der Waals surface area contributed by atoms with Gasteiger partial charge < -0.3 is 15.4 Å². The Bertz CT molecular complexity index is 762. The van der Waals surface area contributed by atoms with Crippen molar-refractivity contribution >= 4 is 11.6 Å². The zero-order chi connectivity index (χ0) is 15.5. The molecule has 0 saturated carbocycles. The third-order valence-electron chi connectivity index (χ3n) is 3.62. The van der Waals surface area contributed by atoms with E-state index in [-0.39, 0.29) is 18.7 Å². The lowest BCUT2D eigenvalue weighted by Crippen LogP contribution is -2.39. The standard InChI is InChI=1S/C18H16N2O2/c1-3-11-22-15-10-5-4-8-13(15)17-19-16-12(2)7-6-9-14(16)18(21)20-17/h1,4-10,17,19H,11H2,2H3,(H,20,21). The summed E-state index contributed by atoms with van der Waals surface area (Å²) in [7, 11) is 0. The van der Waals surface area contributed by atoms with Crippen molar-refractivity contribution in [2.75, 3.05) is 11.9 Å². The second-order valence-corrected chi connectivity index (χ2v) is 5.08. The van der Waals surface area contributed by atoms with Crippen LogP contribution in [0.2, 0.25) is 0 Å². The average Bonchev–Trinajstić information content (AvgIpc) is 2.54. The van der Waals surface area contributed by atoms with E-state index < -0.39 is 0 Å². The smallest absolute Gasteiger partial charge is 0.255 e. The van der Waals surface area contributed by atoms with Gasteiger partial charge in [0, 0.05) is 5.56 Å². The molecule has 2 N–H and O–H groups in total. The van der Waals surface area contributed by atoms with Crippen LogP contribution in [-0.2, 0) is 0 Å². The first-order valence-corrected chi connectivity index (χ1v) is 7.03. The van der Waals surface area contributed by atoms with E-state index in [1.165, 1.54) is 0 Å². The van der Waals surface area contributed by atoms with Gasteiger partial charge >= 0.3 is 0 Å². The Hall–Kier alpha value is -2.93. The molecule has 2 aromatic carbocycles. The molecule has 110 valence electrons. The molecule has 0 saturated heterocycles. The van der Waals surface area contributed by atoms with E-state index in [1.807, 2.05) is 49.4 Å². The highest BCUT2D eigenvalue weighted by atomic mass is 16.5. The molecule has 0 aliphatic carbocycles. The predicted molar refractivity (Wildman–Crippen MR) is 85.8 cm³/mol. The van der Waals surface area contributed by atoms with E-state index in [2.05, 4.69) is 16.6 Å². The number of aryl methyl sites for hydroxylation is 1. The quantitative estimate of drug-likeness (QED) is 0.855. The van der Waals surface area contributed by atoms with E-state index in [0.717, 1.165) is 16.8 Å². The monoisotopic (exact) mass is 292 g/mol. The second kappa shape index (κ2) is 5.82. The zero-order valence-corrected chi connectivity index (χ0v) is 12.2. The summed E-state index contributed by atoms with van der Waals surface area (Å²) in [6.45, 7) is 2.16. The second-order valence-electron chi connectivity index (χ2n) is 5.08. The number of hydrogen-bond acceptors (Lipinski definition) is 3. The zero-order valence-electron chi connectivity index (χ0n) is 12.2. The van der Waals surface area contributed by atoms with Gasteiger partial charge in [-0.2, -0.15) is 0 Å². The third kappa shape index (κ3) is 2.49. The van der Waals surface area contributed by atoms with Crippen LogP contribution in [-0.4, -0.2) is 12.5 Å². The minimum atomic E-state index is -0.352. The van der Waals surface area contributed by atoms with Gasteiger partial charge in [-0.15, -0.1) is 6.42 Å². The fraction of sp³-hybridized carbons (Fsp3) is 0.167. The van der Waals surface area contributed by atoms with Crippen LogP contribution in [0.1, 0.15) is 27.7 Å². The molecular weight excluding hydrogens is 276 g/mol. The molecular formula is C18H16N2O2. The molecule has 0 bridgehead atoms. The predicted octanol–water partition coefficient (Wildman–Crippen LogP) is 2.86. The summed E-state index contributed by atoms with van der Waals surface area (Å²) in [6.07, 6.45) is 4.90. The highest BCUT2D eigenvalue weighted by molar-refractivity contribution is 6.02. The van der Waals surface area contributed by atoms with Gasteiger partial charge in [0.05, 0.1) is 11.3 Å². The fourth-order valence-corrected chi connectivity index (χ4v) is 2.56. The summed E-state index contributed by atoms with van der Waals surface area (Å²) in [5, 5.41) is 6.32. The van der Waals surface area contributed by atoms with Crippen LogP contribution in [0.5, 0.6) is 5.75 Å². The summed E-state index contributed by atoms with van der Waals surface area (Å²) in [5.74, 6) is 3.01. The maximum absolute atomic E-state index is 12.3. The van der Waals surface area contributed by atoms with Gasteiger partial charge in [0.25, 0.3) is 5.91 Å². The van der Waals surface area contributed by atoms with Crippen molar-refractivity contribution in [3.63, 3.8) is 0 Å². The molecule has 1 aliphatic heterocycles. The summed E-state index contributed by atoms with van der Waals surface area (Å²) >= 11 is 0. The molecule has 0 spiro atoms. The number of benzene rings is 2. The molecule has 4 heteroatoms. The number of ether oxygens (including phenoxy) is 1. The molecule has 0 fully saturated rings. The lowest BCUT2D eigenvalue weighted by Gasteiger charge is -2.30. The van der Waals surface area contributed by atoms with Crippen molar-refractivity contribution in [3.05, 3.63) is 59.2 Å². The van der Waals surface area contributed by atoms with Gasteiger partial charge in [0.15, 0.2) is 0 Å². The lowest BCUT2D eigenvalue weighted by molar-refractivity contribution is 0.0935. The highest BCUT2D eigenvalue weighted by Gasteiger charge is 2.27. The number of carbonyl (C=O) groups excluding carboxylic acids is 1. The van der Waals surface area contributed by atoms with Crippen LogP contribution in [0.25, 0.3) is 0 Å². The number of para-hydroxylation sites is 2. The Balaban J connectivity index is 1.97. The van der Waals surface area contributed by atoms with Crippen LogP contribution < -0.4 is 15.4 Å². The number of rotatable bonds is 3. The van der Waals surface area contributed by atoms with Crippen molar-refractivity contribution in [1.29, 1.82) is 0 Å². The van der Waals surface area contributed by atoms with Gasteiger partial charge in [0.1, 0.15) is 18.5 Å². The van der Waals surface area contributed by atoms with E-state index in [9.17, 15) is 4.79 Å². The third-order valence-corrected chi connectivity index (χ3v) is 3.62. The molecule has 1 aliphatic rings. The van der Waals surface area contributed by atoms with E-state index in [1.54, 1.807) is 0 Å². The number of amides is 1. The van der Waals surface area contributed by atoms with Gasteiger partial charge in [-0.3, -0.25) is 4.79 Å². The minimum Gasteiger partial charge on any atom is -0.481 e. The average molecular weight is 292 g/mol. The first-order valence-electron chi connectivity index (χ1n) is 7.03. The largest absolute Gasteiger partial charge is 0.481 e. The maximum Gasteiger partial charge on any atom is 0.255 e. The summed E-state index contributed by atoms with van der Waals surface area (Å²) < 4.78 is 5.57. The number of hydrogen-bond donors (Lipinski definition) is 2. The molecule has 1 heterocycles. The fourth-order valence-electron chi connectivity index (χ4n) is 2.56. The van der Waals surface area contributed by atoms with Crippen LogP contribution in [0.3, 0.4) is 0 Å². The molecule has 1 atom stereocenters. The number of nitrogens with one attached hydrogen (secondary N) is 2. The number of fused-ring (bicyclic) bond motifs is 1. The van der Waals surface area contributed by atoms with Crippen LogP contribution >= 0.6 is 0 Å². The Kier molecular flexibility index (Phi) is 3.71. The van der Waals surface area contributed by atoms with E-state index >= 15 is 0 Å². The van der Waals surface area contributed by atoms with Gasteiger partial charge in [-0.05, 0) is 24.6 Å². The molecule has 1 amide bonds. The van der Waals surface area contributed by atoms with Crippen molar-refractivity contribution < 1.29 is 9.53 Å². The molecule has 1 unspecified atom stereocenters. The van der Waals surface area contributed by atoms with Crippen LogP contribution in [0, 0.1) is 19.3 Å². The van der Waals surface area contributed by atoms with Crippen molar-refractivity contribution in [2.24, 2.45) is 0 Å². The Morgan fingerprint density at radius 2 is 2.00 bits per heavy atom. The van der Waals surface area contributed by atoms with Crippen molar-refractivity contribution in [1.82, 2.24) is 5.32 Å². The molecule has 0 aromatic heterocycles. The normalized spacial score (nSPS) is 16.0. The SMILES string of the molecule is C#CCOc1ccccc1C1NC(=O)c2cccc(C)c2N1. The Morgan fingerprint density at radius 1 is 1.18 bits per heavy atom. The molecule has 0 radical (unpaired) electrons. The minimum absolute atomic E-state index is 0.103. The first-order chi connectivity index (χ1) is 10.7. The first kappa shape index (κ1) is 14.0. The molecule has 22 heavy (non-hydrogen) atoms. The van der Waals surface area contributed by atoms with Gasteiger partial charge in [-0.1, -0.05) is 36.3 Å². The summed E-state index contributed by atoms with van der Waals surface area (Å²) in [6, 6.07) is 13.2. The Labute approximate surface area is 129 Å². The summed E-state index contributed by atoms with van der Waals surface area (Å²) in [4.78, 5) is 12.3. The van der Waals surface area contributed by atoms with Gasteiger partial charge in [0.2, 0.25) is 0 Å². The van der Waals surface area contributed by atoms with Gasteiger partial charge in [-0.25, -0.2) is 0 Å². The van der Waals surface area contributed by atoms with Crippen LogP contribution in [0.15, 0.2) is 42.5 Å². The summed E-state index contributed by atoms with van der Waals surface area (Å²) in [5.41, 5.74) is 3.38. The highest BCUT2D eigenvalue weighted by Crippen LogP contribution is 2.32. The topological polar surface area (TPSA) is 50.4 Å². The maximum atomic E-state index is 12.3. The molecule has 4 nitrogen and oxygen atoms in total. The number of anilines is 1. The van der Waals surface area contributed by atoms with Crippen molar-refractivity contribution in [2.45, 2.75) is 13.1 Å². The number of terminal acetylenes is 1. The van der Waals surface area contributed by atoms with Crippen LogP contribution in [0.4, 0.5) is 5.69 Å². The Morgan fingerprint density at radius 3 is 2.82 bits per heavy atom. The molecule has 2 aromatic rings. The molecule has 3 rings (SSSR count).